The van der Waals surface area contributed by atoms with E-state index in [0.717, 1.165) is 6.07 Å². The molecule has 2 N–H and O–H groups in total. The molecule has 0 aromatic heterocycles. The van der Waals surface area contributed by atoms with Gasteiger partial charge in [0.15, 0.2) is 0 Å². The Morgan fingerprint density at radius 1 is 1.67 bits per heavy atom. The van der Waals surface area contributed by atoms with E-state index in [9.17, 15) is 9.18 Å². The first-order valence-electron chi connectivity index (χ1n) is 4.39. The van der Waals surface area contributed by atoms with E-state index in [1.165, 1.54) is 12.1 Å². The van der Waals surface area contributed by atoms with Crippen molar-refractivity contribution in [3.63, 3.8) is 0 Å². The van der Waals surface area contributed by atoms with Crippen molar-refractivity contribution in [1.82, 2.24) is 0 Å². The first-order valence-corrected chi connectivity index (χ1v) is 4.77. The Balaban J connectivity index is 2.68. The lowest BCUT2D eigenvalue weighted by Gasteiger charge is -2.13. The smallest absolute Gasteiger partial charge is 0.221 e. The zero-order valence-corrected chi connectivity index (χ0v) is 8.92. The molecule has 0 saturated heterocycles. The lowest BCUT2D eigenvalue weighted by atomic mass is 10.2. The number of benzene rings is 1. The molecule has 1 rings (SSSR count). The maximum absolute atomic E-state index is 12.7. The summed E-state index contributed by atoms with van der Waals surface area (Å²) in [6.07, 6.45) is -0.293. The van der Waals surface area contributed by atoms with E-state index in [1.54, 1.807) is 6.92 Å². The molecular formula is C10H11ClFNO2. The van der Waals surface area contributed by atoms with Crippen molar-refractivity contribution in [3.8, 4) is 5.75 Å². The van der Waals surface area contributed by atoms with Crippen LogP contribution in [0.25, 0.3) is 0 Å². The van der Waals surface area contributed by atoms with Crippen molar-refractivity contribution in [2.45, 2.75) is 19.4 Å². The predicted octanol–water partition coefficient (Wildman–Crippen LogP) is 2.12. The summed E-state index contributed by atoms with van der Waals surface area (Å²) in [4.78, 5) is 10.6. The first kappa shape index (κ1) is 11.8. The average Bonchev–Trinajstić information content (AvgIpc) is 2.08. The summed E-state index contributed by atoms with van der Waals surface area (Å²) in [5.74, 6) is -0.553. The van der Waals surface area contributed by atoms with Crippen LogP contribution in [0.15, 0.2) is 18.2 Å². The Hall–Kier alpha value is -1.29. The van der Waals surface area contributed by atoms with E-state index in [-0.39, 0.29) is 17.5 Å². The van der Waals surface area contributed by atoms with Crippen molar-refractivity contribution in [2.24, 2.45) is 5.73 Å². The summed E-state index contributed by atoms with van der Waals surface area (Å²) in [6.45, 7) is 1.68. The molecule has 1 atom stereocenters. The van der Waals surface area contributed by atoms with Gasteiger partial charge in [0, 0.05) is 0 Å². The fourth-order valence-corrected chi connectivity index (χ4v) is 1.32. The Morgan fingerprint density at radius 3 is 2.87 bits per heavy atom. The normalized spacial score (nSPS) is 12.2. The maximum atomic E-state index is 12.7. The number of hydrogen-bond donors (Lipinski definition) is 1. The van der Waals surface area contributed by atoms with Crippen LogP contribution in [-0.2, 0) is 4.79 Å². The summed E-state index contributed by atoms with van der Waals surface area (Å²) in [5, 5.41) is 0.173. The van der Waals surface area contributed by atoms with Gasteiger partial charge in [-0.15, -0.1) is 0 Å². The average molecular weight is 232 g/mol. The van der Waals surface area contributed by atoms with Gasteiger partial charge < -0.3 is 10.5 Å². The van der Waals surface area contributed by atoms with Crippen LogP contribution < -0.4 is 10.5 Å². The van der Waals surface area contributed by atoms with Gasteiger partial charge in [-0.1, -0.05) is 11.6 Å². The number of primary amides is 1. The molecule has 82 valence electrons. The van der Waals surface area contributed by atoms with Gasteiger partial charge >= 0.3 is 0 Å². The number of nitrogens with two attached hydrogens (primary N) is 1. The van der Waals surface area contributed by atoms with E-state index >= 15 is 0 Å². The first-order chi connectivity index (χ1) is 6.99. The Morgan fingerprint density at radius 2 is 2.33 bits per heavy atom. The van der Waals surface area contributed by atoms with Gasteiger partial charge in [0.25, 0.3) is 0 Å². The van der Waals surface area contributed by atoms with E-state index < -0.39 is 11.7 Å². The second-order valence-corrected chi connectivity index (χ2v) is 3.58. The Labute approximate surface area is 92.0 Å². The molecule has 0 bridgehead atoms. The number of ether oxygens (including phenoxy) is 1. The third kappa shape index (κ3) is 3.75. The molecule has 1 unspecified atom stereocenters. The zero-order valence-electron chi connectivity index (χ0n) is 8.17. The maximum Gasteiger partial charge on any atom is 0.221 e. The molecule has 5 heteroatoms. The van der Waals surface area contributed by atoms with Crippen LogP contribution >= 0.6 is 11.6 Å². The van der Waals surface area contributed by atoms with Gasteiger partial charge in [-0.3, -0.25) is 4.79 Å². The van der Waals surface area contributed by atoms with Crippen molar-refractivity contribution in [3.05, 3.63) is 29.0 Å². The minimum atomic E-state index is -0.458. The fourth-order valence-electron chi connectivity index (χ4n) is 1.11. The van der Waals surface area contributed by atoms with Crippen LogP contribution in [0.1, 0.15) is 13.3 Å². The van der Waals surface area contributed by atoms with Crippen LogP contribution in [0.5, 0.6) is 5.75 Å². The minimum absolute atomic E-state index is 0.0910. The number of halogens is 2. The molecule has 0 heterocycles. The monoisotopic (exact) mass is 231 g/mol. The molecule has 1 amide bonds. The van der Waals surface area contributed by atoms with Gasteiger partial charge in [-0.25, -0.2) is 4.39 Å². The van der Waals surface area contributed by atoms with E-state index in [1.807, 2.05) is 0 Å². The standard InChI is InChI=1S/C10H11ClFNO2/c1-6(4-10(13)14)15-9-3-2-7(12)5-8(9)11/h2-3,5-6H,4H2,1H3,(H2,13,14). The van der Waals surface area contributed by atoms with Gasteiger partial charge in [0.2, 0.25) is 5.91 Å². The second-order valence-electron chi connectivity index (χ2n) is 3.17. The fraction of sp³-hybridized carbons (Fsp3) is 0.300. The van der Waals surface area contributed by atoms with Crippen molar-refractivity contribution >= 4 is 17.5 Å². The Bertz CT molecular complexity index is 370. The van der Waals surface area contributed by atoms with Gasteiger partial charge in [-0.05, 0) is 25.1 Å². The van der Waals surface area contributed by atoms with Crippen molar-refractivity contribution < 1.29 is 13.9 Å². The summed E-state index contributed by atoms with van der Waals surface area (Å²) in [6, 6.07) is 3.79. The highest BCUT2D eigenvalue weighted by molar-refractivity contribution is 6.32. The largest absolute Gasteiger partial charge is 0.489 e. The molecule has 15 heavy (non-hydrogen) atoms. The molecule has 0 aliphatic carbocycles. The number of carbonyl (C=O) groups excluding carboxylic acids is 1. The molecule has 0 aliphatic rings. The number of hydrogen-bond acceptors (Lipinski definition) is 2. The highest BCUT2D eigenvalue weighted by Gasteiger charge is 2.10. The van der Waals surface area contributed by atoms with Gasteiger partial charge in [0.05, 0.1) is 11.4 Å². The number of carbonyl (C=O) groups is 1. The Kier molecular flexibility index (Phi) is 3.91. The molecule has 1 aromatic rings. The third-order valence-electron chi connectivity index (χ3n) is 1.71. The third-order valence-corrected chi connectivity index (χ3v) is 2.01. The van der Waals surface area contributed by atoms with Crippen LogP contribution in [-0.4, -0.2) is 12.0 Å². The van der Waals surface area contributed by atoms with E-state index in [0.29, 0.717) is 5.75 Å². The lowest BCUT2D eigenvalue weighted by molar-refractivity contribution is -0.119. The van der Waals surface area contributed by atoms with Crippen LogP contribution in [0.4, 0.5) is 4.39 Å². The lowest BCUT2D eigenvalue weighted by Crippen LogP contribution is -2.22. The number of rotatable bonds is 4. The van der Waals surface area contributed by atoms with E-state index in [2.05, 4.69) is 0 Å². The molecule has 0 spiro atoms. The van der Waals surface area contributed by atoms with Crippen LogP contribution in [0.2, 0.25) is 5.02 Å². The molecule has 0 radical (unpaired) electrons. The topological polar surface area (TPSA) is 52.3 Å². The summed E-state index contributed by atoms with van der Waals surface area (Å²) < 4.78 is 18.0. The minimum Gasteiger partial charge on any atom is -0.489 e. The van der Waals surface area contributed by atoms with Crippen LogP contribution in [0, 0.1) is 5.82 Å². The van der Waals surface area contributed by atoms with Gasteiger partial charge in [0.1, 0.15) is 17.7 Å². The van der Waals surface area contributed by atoms with Crippen molar-refractivity contribution in [2.75, 3.05) is 0 Å². The second kappa shape index (κ2) is 4.98. The number of amides is 1. The summed E-state index contributed by atoms with van der Waals surface area (Å²) >= 11 is 5.73. The van der Waals surface area contributed by atoms with E-state index in [4.69, 9.17) is 22.1 Å². The van der Waals surface area contributed by atoms with Crippen LogP contribution in [0.3, 0.4) is 0 Å². The summed E-state index contributed by atoms with van der Waals surface area (Å²) in [7, 11) is 0. The quantitative estimate of drug-likeness (QED) is 0.863. The molecular weight excluding hydrogens is 221 g/mol. The molecule has 0 fully saturated rings. The molecule has 0 saturated carbocycles. The highest BCUT2D eigenvalue weighted by atomic mass is 35.5. The molecule has 3 nitrogen and oxygen atoms in total. The van der Waals surface area contributed by atoms with Crippen molar-refractivity contribution in [1.29, 1.82) is 0 Å². The predicted molar refractivity (Wildman–Crippen MR) is 55.3 cm³/mol. The zero-order chi connectivity index (χ0) is 11.4. The molecule has 0 aliphatic heterocycles. The van der Waals surface area contributed by atoms with Gasteiger partial charge in [-0.2, -0.15) is 0 Å². The molecule has 1 aromatic carbocycles. The highest BCUT2D eigenvalue weighted by Crippen LogP contribution is 2.26. The summed E-state index contributed by atoms with van der Waals surface area (Å²) in [5.41, 5.74) is 5.00. The SMILES string of the molecule is CC(CC(N)=O)Oc1ccc(F)cc1Cl.